The molecule has 1 aromatic heterocycles. The average Bonchev–Trinajstić information content (AvgIpc) is 3.40. The van der Waals surface area contributed by atoms with Crippen LogP contribution in [0.3, 0.4) is 0 Å². The summed E-state index contributed by atoms with van der Waals surface area (Å²) in [6.45, 7) is 2.88. The van der Waals surface area contributed by atoms with Crippen LogP contribution in [0.4, 0.5) is 0 Å². The number of likely N-dealkylation sites (N-methyl/N-ethyl adjacent to an activating group) is 1. The fourth-order valence-corrected chi connectivity index (χ4v) is 5.37. The summed E-state index contributed by atoms with van der Waals surface area (Å²) >= 11 is 0. The van der Waals surface area contributed by atoms with Crippen LogP contribution >= 0.6 is 0 Å². The Labute approximate surface area is 267 Å². The molecule has 4 amide bonds. The van der Waals surface area contributed by atoms with Gasteiger partial charge in [-0.05, 0) is 29.7 Å². The van der Waals surface area contributed by atoms with Gasteiger partial charge in [0.05, 0.1) is 11.6 Å². The van der Waals surface area contributed by atoms with Gasteiger partial charge in [-0.1, -0.05) is 78.9 Å². The monoisotopic (exact) mass is 625 g/mol. The van der Waals surface area contributed by atoms with Crippen molar-refractivity contribution in [1.82, 2.24) is 25.4 Å². The molecule has 0 saturated carbocycles. The molecule has 0 saturated heterocycles. The summed E-state index contributed by atoms with van der Waals surface area (Å²) in [5, 5.41) is 18.9. The van der Waals surface area contributed by atoms with Crippen LogP contribution in [0, 0.1) is 0 Å². The SMILES string of the molecule is CC(=O)N[C@H](C(=O)N[C@H](Cc1cn(C=O)c2ccccc12)C(=O)N[C@@H](Cc1ccccc1)C(=O)N(C)Cc1ccccc1)C(C)O. The van der Waals surface area contributed by atoms with Crippen LogP contribution in [0.2, 0.25) is 0 Å². The van der Waals surface area contributed by atoms with Crippen molar-refractivity contribution in [3.05, 3.63) is 108 Å². The first-order valence-corrected chi connectivity index (χ1v) is 15.0. The highest BCUT2D eigenvalue weighted by Gasteiger charge is 2.33. The first-order chi connectivity index (χ1) is 22.1. The zero-order valence-corrected chi connectivity index (χ0v) is 26.1. The Kier molecular flexibility index (Phi) is 11.4. The van der Waals surface area contributed by atoms with E-state index in [0.717, 1.165) is 11.1 Å². The van der Waals surface area contributed by atoms with Crippen molar-refractivity contribution in [2.75, 3.05) is 7.05 Å². The Morgan fingerprint density at radius 2 is 1.39 bits per heavy atom. The number of hydrogen-bond acceptors (Lipinski definition) is 6. The van der Waals surface area contributed by atoms with Crippen molar-refractivity contribution in [3.8, 4) is 0 Å². The fourth-order valence-electron chi connectivity index (χ4n) is 5.37. The van der Waals surface area contributed by atoms with Gasteiger partial charge >= 0.3 is 0 Å². The van der Waals surface area contributed by atoms with E-state index in [4.69, 9.17) is 0 Å². The Hall–Kier alpha value is -5.29. The third-order valence-corrected chi connectivity index (χ3v) is 7.65. The van der Waals surface area contributed by atoms with E-state index in [9.17, 15) is 29.1 Å². The maximum atomic E-state index is 14.1. The van der Waals surface area contributed by atoms with Crippen LogP contribution in [0.25, 0.3) is 10.9 Å². The Morgan fingerprint density at radius 3 is 2.00 bits per heavy atom. The number of carbonyl (C=O) groups is 5. The maximum absolute atomic E-state index is 14.1. The van der Waals surface area contributed by atoms with Crippen LogP contribution in [-0.4, -0.2) is 75.9 Å². The molecular weight excluding hydrogens is 586 g/mol. The molecule has 46 heavy (non-hydrogen) atoms. The summed E-state index contributed by atoms with van der Waals surface area (Å²) in [5.41, 5.74) is 2.96. The summed E-state index contributed by atoms with van der Waals surface area (Å²) in [6, 6.07) is 22.3. The topological polar surface area (TPSA) is 150 Å². The molecule has 1 heterocycles. The minimum Gasteiger partial charge on any atom is -0.391 e. The summed E-state index contributed by atoms with van der Waals surface area (Å²) < 4.78 is 1.39. The second-order valence-electron chi connectivity index (χ2n) is 11.3. The Morgan fingerprint density at radius 1 is 0.804 bits per heavy atom. The van der Waals surface area contributed by atoms with Crippen molar-refractivity contribution < 1.29 is 29.1 Å². The van der Waals surface area contributed by atoms with E-state index in [0.29, 0.717) is 29.4 Å². The number of aliphatic hydroxyl groups excluding tert-OH is 1. The normalized spacial score (nSPS) is 13.6. The van der Waals surface area contributed by atoms with E-state index in [1.807, 2.05) is 60.7 Å². The van der Waals surface area contributed by atoms with E-state index in [1.54, 1.807) is 37.5 Å². The van der Waals surface area contributed by atoms with Gasteiger partial charge in [0.2, 0.25) is 30.0 Å². The lowest BCUT2D eigenvalue weighted by atomic mass is 10.0. The third kappa shape index (κ3) is 8.66. The lowest BCUT2D eigenvalue weighted by Gasteiger charge is -2.28. The number of rotatable bonds is 14. The van der Waals surface area contributed by atoms with Crippen molar-refractivity contribution >= 4 is 40.9 Å². The Bertz CT molecular complexity index is 1670. The summed E-state index contributed by atoms with van der Waals surface area (Å²) in [4.78, 5) is 66.4. The number of amides is 4. The molecule has 4 atom stereocenters. The number of benzene rings is 3. The molecule has 0 spiro atoms. The van der Waals surface area contributed by atoms with E-state index < -0.39 is 42.0 Å². The molecule has 4 rings (SSSR count). The molecule has 1 unspecified atom stereocenters. The molecule has 0 fully saturated rings. The van der Waals surface area contributed by atoms with Gasteiger partial charge in [-0.2, -0.15) is 0 Å². The molecule has 0 bridgehead atoms. The molecule has 0 aliphatic rings. The van der Waals surface area contributed by atoms with Gasteiger partial charge in [0, 0.05) is 44.9 Å². The number of aromatic nitrogens is 1. The second kappa shape index (κ2) is 15.6. The minimum absolute atomic E-state index is 0.0440. The number of aliphatic hydroxyl groups is 1. The first-order valence-electron chi connectivity index (χ1n) is 15.0. The van der Waals surface area contributed by atoms with Gasteiger partial charge in [0.1, 0.15) is 18.1 Å². The average molecular weight is 626 g/mol. The van der Waals surface area contributed by atoms with E-state index >= 15 is 0 Å². The second-order valence-corrected chi connectivity index (χ2v) is 11.3. The molecule has 3 aromatic carbocycles. The molecule has 240 valence electrons. The predicted octanol–water partition coefficient (Wildman–Crippen LogP) is 1.98. The van der Waals surface area contributed by atoms with E-state index in [2.05, 4.69) is 16.0 Å². The van der Waals surface area contributed by atoms with Crippen LogP contribution in [0.15, 0.2) is 91.1 Å². The molecule has 4 aromatic rings. The van der Waals surface area contributed by atoms with E-state index in [-0.39, 0.29) is 18.7 Å². The number of fused-ring (bicyclic) bond motifs is 1. The highest BCUT2D eigenvalue weighted by atomic mass is 16.3. The van der Waals surface area contributed by atoms with E-state index in [1.165, 1.54) is 23.3 Å². The van der Waals surface area contributed by atoms with Crippen molar-refractivity contribution in [1.29, 1.82) is 0 Å². The van der Waals surface area contributed by atoms with Crippen LogP contribution < -0.4 is 16.0 Å². The zero-order chi connectivity index (χ0) is 33.2. The number of nitrogens with zero attached hydrogens (tertiary/aromatic N) is 2. The predicted molar refractivity (Wildman–Crippen MR) is 174 cm³/mol. The first kappa shape index (κ1) is 33.6. The lowest BCUT2D eigenvalue weighted by molar-refractivity contribution is -0.137. The summed E-state index contributed by atoms with van der Waals surface area (Å²) in [5.74, 6) is -2.29. The van der Waals surface area contributed by atoms with Crippen LogP contribution in [-0.2, 0) is 43.4 Å². The minimum atomic E-state index is -1.33. The molecule has 0 aliphatic carbocycles. The molecule has 11 nitrogen and oxygen atoms in total. The molecule has 0 aliphatic heterocycles. The zero-order valence-electron chi connectivity index (χ0n) is 26.1. The molecule has 11 heteroatoms. The van der Waals surface area contributed by atoms with Gasteiger partial charge in [-0.25, -0.2) is 0 Å². The largest absolute Gasteiger partial charge is 0.391 e. The van der Waals surface area contributed by atoms with Gasteiger partial charge in [-0.3, -0.25) is 28.5 Å². The standard InChI is InChI=1S/C35H39N5O6/c1-23(42)32(36-24(2)43)34(45)37-29(19-27-21-40(22-41)31-17-11-10-16-28(27)31)33(44)38-30(18-25-12-6-4-7-13-25)35(46)39(3)20-26-14-8-5-9-15-26/h4-17,21-23,29-30,32,42H,18-20H2,1-3H3,(H,36,43)(H,37,45)(H,38,44)/t23?,29-,30+,32+/m1/s1. The van der Waals surface area contributed by atoms with Crippen molar-refractivity contribution in [2.45, 2.75) is 57.5 Å². The quantitative estimate of drug-likeness (QED) is 0.158. The number of nitrogens with one attached hydrogen (secondary N) is 3. The molecule has 0 radical (unpaired) electrons. The Balaban J connectivity index is 1.66. The highest BCUT2D eigenvalue weighted by molar-refractivity contribution is 5.95. The number of carbonyl (C=O) groups excluding carboxylic acids is 5. The number of para-hydroxylation sites is 1. The smallest absolute Gasteiger partial charge is 0.245 e. The summed E-state index contributed by atoms with van der Waals surface area (Å²) in [7, 11) is 1.66. The summed E-state index contributed by atoms with van der Waals surface area (Å²) in [6.07, 6.45) is 1.13. The van der Waals surface area contributed by atoms with Gasteiger partial charge < -0.3 is 26.0 Å². The van der Waals surface area contributed by atoms with Crippen LogP contribution in [0.5, 0.6) is 0 Å². The number of hydrogen-bond donors (Lipinski definition) is 4. The highest BCUT2D eigenvalue weighted by Crippen LogP contribution is 2.22. The van der Waals surface area contributed by atoms with Crippen molar-refractivity contribution in [2.24, 2.45) is 0 Å². The molecule has 4 N–H and O–H groups in total. The third-order valence-electron chi connectivity index (χ3n) is 7.65. The molecular formula is C35H39N5O6. The van der Waals surface area contributed by atoms with Gasteiger partial charge in [0.15, 0.2) is 0 Å². The van der Waals surface area contributed by atoms with Crippen LogP contribution in [0.1, 0.15) is 30.5 Å². The van der Waals surface area contributed by atoms with Gasteiger partial charge in [-0.15, -0.1) is 0 Å². The fraction of sp³-hybridized carbons (Fsp3) is 0.286. The van der Waals surface area contributed by atoms with Crippen molar-refractivity contribution in [3.63, 3.8) is 0 Å². The lowest BCUT2D eigenvalue weighted by Crippen LogP contribution is -2.59. The maximum Gasteiger partial charge on any atom is 0.245 e. The van der Waals surface area contributed by atoms with Gasteiger partial charge in [0.25, 0.3) is 0 Å².